The van der Waals surface area contributed by atoms with E-state index < -0.39 is 11.9 Å². The van der Waals surface area contributed by atoms with Gasteiger partial charge in [0.2, 0.25) is 11.8 Å². The van der Waals surface area contributed by atoms with Crippen LogP contribution in [0.1, 0.15) is 31.7 Å². The largest absolute Gasteiger partial charge is 0.484 e. The molecular weight excluding hydrogens is 284 g/mol. The second-order valence-electron chi connectivity index (χ2n) is 5.25. The van der Waals surface area contributed by atoms with Crippen molar-refractivity contribution in [3.05, 3.63) is 29.8 Å². The predicted octanol–water partition coefficient (Wildman–Crippen LogP) is 0.939. The molecule has 6 heteroatoms. The lowest BCUT2D eigenvalue weighted by Crippen LogP contribution is -2.53. The molecule has 6 nitrogen and oxygen atoms in total. The minimum atomic E-state index is -0.666. The summed E-state index contributed by atoms with van der Waals surface area (Å²) in [6.07, 6.45) is 2.64. The third-order valence-corrected chi connectivity index (χ3v) is 3.41. The molecule has 0 aromatic heterocycles. The van der Waals surface area contributed by atoms with Gasteiger partial charge in [-0.2, -0.15) is 0 Å². The van der Waals surface area contributed by atoms with Gasteiger partial charge in [-0.05, 0) is 30.5 Å². The van der Waals surface area contributed by atoms with Gasteiger partial charge in [0.05, 0.1) is 0 Å². The van der Waals surface area contributed by atoms with Gasteiger partial charge in [0, 0.05) is 6.42 Å². The highest BCUT2D eigenvalue weighted by molar-refractivity contribution is 6.01. The lowest BCUT2D eigenvalue weighted by Gasteiger charge is -2.21. The van der Waals surface area contributed by atoms with E-state index in [4.69, 9.17) is 4.74 Å². The van der Waals surface area contributed by atoms with Crippen molar-refractivity contribution in [2.24, 2.45) is 0 Å². The summed E-state index contributed by atoms with van der Waals surface area (Å²) in [6.45, 7) is 1.95. The number of carbonyl (C=O) groups excluding carboxylic acids is 3. The van der Waals surface area contributed by atoms with Gasteiger partial charge in [-0.1, -0.05) is 25.5 Å². The number of rotatable bonds is 6. The molecule has 1 aliphatic heterocycles. The van der Waals surface area contributed by atoms with E-state index in [9.17, 15) is 14.4 Å². The maximum absolute atomic E-state index is 11.8. The Morgan fingerprint density at radius 2 is 2.05 bits per heavy atom. The first kappa shape index (κ1) is 16.0. The molecule has 0 bridgehead atoms. The molecule has 1 aromatic rings. The second-order valence-corrected chi connectivity index (χ2v) is 5.25. The Bertz CT molecular complexity index is 554. The molecule has 1 atom stereocenters. The van der Waals surface area contributed by atoms with Crippen LogP contribution in [0.5, 0.6) is 5.75 Å². The highest BCUT2D eigenvalue weighted by atomic mass is 16.5. The van der Waals surface area contributed by atoms with Crippen LogP contribution in [0.2, 0.25) is 0 Å². The number of carbonyl (C=O) groups is 3. The first-order valence-electron chi connectivity index (χ1n) is 7.43. The van der Waals surface area contributed by atoms with Crippen molar-refractivity contribution in [1.29, 1.82) is 0 Å². The zero-order chi connectivity index (χ0) is 15.9. The number of hydrogen-bond acceptors (Lipinski definition) is 4. The summed E-state index contributed by atoms with van der Waals surface area (Å²) < 4.78 is 5.39. The van der Waals surface area contributed by atoms with E-state index in [-0.39, 0.29) is 24.8 Å². The Kier molecular flexibility index (Phi) is 5.52. The molecule has 1 saturated heterocycles. The minimum Gasteiger partial charge on any atom is -0.484 e. The molecule has 1 aliphatic rings. The summed E-state index contributed by atoms with van der Waals surface area (Å²) >= 11 is 0. The van der Waals surface area contributed by atoms with Crippen molar-refractivity contribution in [3.63, 3.8) is 0 Å². The molecule has 118 valence electrons. The van der Waals surface area contributed by atoms with Crippen molar-refractivity contribution < 1.29 is 19.1 Å². The topological polar surface area (TPSA) is 84.5 Å². The van der Waals surface area contributed by atoms with Crippen LogP contribution in [0.4, 0.5) is 0 Å². The van der Waals surface area contributed by atoms with Gasteiger partial charge in [-0.25, -0.2) is 0 Å². The van der Waals surface area contributed by atoms with E-state index in [1.54, 1.807) is 0 Å². The van der Waals surface area contributed by atoms with Gasteiger partial charge in [0.1, 0.15) is 11.8 Å². The fourth-order valence-electron chi connectivity index (χ4n) is 2.26. The highest BCUT2D eigenvalue weighted by Crippen LogP contribution is 2.13. The number of imide groups is 1. The van der Waals surface area contributed by atoms with Crippen LogP contribution in [0.25, 0.3) is 0 Å². The Morgan fingerprint density at radius 3 is 2.68 bits per heavy atom. The number of nitrogens with one attached hydrogen (secondary N) is 2. The summed E-state index contributed by atoms with van der Waals surface area (Å²) in [5.41, 5.74) is 1.22. The van der Waals surface area contributed by atoms with Crippen LogP contribution in [0.15, 0.2) is 24.3 Å². The summed E-state index contributed by atoms with van der Waals surface area (Å²) in [5, 5.41) is 4.76. The van der Waals surface area contributed by atoms with Crippen molar-refractivity contribution in [1.82, 2.24) is 10.6 Å². The zero-order valence-corrected chi connectivity index (χ0v) is 12.6. The van der Waals surface area contributed by atoms with Gasteiger partial charge in [0.25, 0.3) is 5.91 Å². The first-order valence-corrected chi connectivity index (χ1v) is 7.43. The van der Waals surface area contributed by atoms with E-state index in [0.717, 1.165) is 12.8 Å². The third-order valence-electron chi connectivity index (χ3n) is 3.41. The van der Waals surface area contributed by atoms with Crippen LogP contribution in [-0.4, -0.2) is 30.4 Å². The average molecular weight is 304 g/mol. The van der Waals surface area contributed by atoms with Gasteiger partial charge in [-0.15, -0.1) is 0 Å². The number of ether oxygens (including phenoxy) is 1. The molecule has 2 rings (SSSR count). The average Bonchev–Trinajstić information content (AvgIpc) is 2.50. The van der Waals surface area contributed by atoms with Gasteiger partial charge < -0.3 is 10.1 Å². The standard InChI is InChI=1S/C16H20N2O4/c1-2-3-11-4-6-12(7-5-11)22-10-15(20)17-13-8-9-14(19)18-16(13)21/h4-7,13H,2-3,8-10H2,1H3,(H,17,20)(H,18,19,21). The minimum absolute atomic E-state index is 0.162. The van der Waals surface area contributed by atoms with Gasteiger partial charge in [0.15, 0.2) is 6.61 Å². The van der Waals surface area contributed by atoms with Gasteiger partial charge in [-0.3, -0.25) is 19.7 Å². The molecule has 2 N–H and O–H groups in total. The van der Waals surface area contributed by atoms with Crippen LogP contribution >= 0.6 is 0 Å². The molecule has 0 aliphatic carbocycles. The monoisotopic (exact) mass is 304 g/mol. The number of amides is 3. The SMILES string of the molecule is CCCc1ccc(OCC(=O)NC2CCC(=O)NC2=O)cc1. The fraction of sp³-hybridized carbons (Fsp3) is 0.438. The Labute approximate surface area is 129 Å². The quantitative estimate of drug-likeness (QED) is 0.766. The number of piperidine rings is 1. The maximum Gasteiger partial charge on any atom is 0.258 e. The number of hydrogen-bond donors (Lipinski definition) is 2. The van der Waals surface area contributed by atoms with E-state index in [1.807, 2.05) is 24.3 Å². The summed E-state index contributed by atoms with van der Waals surface area (Å²) in [4.78, 5) is 34.3. The van der Waals surface area contributed by atoms with Crippen molar-refractivity contribution in [3.8, 4) is 5.75 Å². The van der Waals surface area contributed by atoms with E-state index >= 15 is 0 Å². The Balaban J connectivity index is 1.77. The molecule has 1 fully saturated rings. The summed E-state index contributed by atoms with van der Waals surface area (Å²) in [6, 6.07) is 6.92. The molecular formula is C16H20N2O4. The van der Waals surface area contributed by atoms with E-state index in [0.29, 0.717) is 12.2 Å². The highest BCUT2D eigenvalue weighted by Gasteiger charge is 2.27. The van der Waals surface area contributed by atoms with Crippen LogP contribution in [0, 0.1) is 0 Å². The molecule has 1 heterocycles. The molecule has 22 heavy (non-hydrogen) atoms. The molecule has 3 amide bonds. The maximum atomic E-state index is 11.8. The Morgan fingerprint density at radius 1 is 1.32 bits per heavy atom. The lowest BCUT2D eigenvalue weighted by molar-refractivity contribution is -0.137. The third kappa shape index (κ3) is 4.58. The van der Waals surface area contributed by atoms with Crippen LogP contribution in [0.3, 0.4) is 0 Å². The fourth-order valence-corrected chi connectivity index (χ4v) is 2.26. The Hall–Kier alpha value is -2.37. The number of aryl methyl sites for hydroxylation is 1. The molecule has 0 radical (unpaired) electrons. The predicted molar refractivity (Wildman–Crippen MR) is 80.2 cm³/mol. The smallest absolute Gasteiger partial charge is 0.258 e. The zero-order valence-electron chi connectivity index (χ0n) is 12.6. The van der Waals surface area contributed by atoms with Crippen molar-refractivity contribution in [2.45, 2.75) is 38.6 Å². The van der Waals surface area contributed by atoms with Crippen molar-refractivity contribution >= 4 is 17.7 Å². The molecule has 1 aromatic carbocycles. The summed E-state index contributed by atoms with van der Waals surface area (Å²) in [5.74, 6) is -0.544. The van der Waals surface area contributed by atoms with E-state index in [1.165, 1.54) is 5.56 Å². The molecule has 0 spiro atoms. The molecule has 0 saturated carbocycles. The normalized spacial score (nSPS) is 17.8. The van der Waals surface area contributed by atoms with E-state index in [2.05, 4.69) is 17.6 Å². The van der Waals surface area contributed by atoms with Crippen LogP contribution in [-0.2, 0) is 20.8 Å². The first-order chi connectivity index (χ1) is 10.6. The number of benzene rings is 1. The lowest BCUT2D eigenvalue weighted by atomic mass is 10.1. The van der Waals surface area contributed by atoms with Gasteiger partial charge >= 0.3 is 0 Å². The van der Waals surface area contributed by atoms with Crippen LogP contribution < -0.4 is 15.4 Å². The summed E-state index contributed by atoms with van der Waals surface area (Å²) in [7, 11) is 0. The molecule has 1 unspecified atom stereocenters. The second kappa shape index (κ2) is 7.59. The van der Waals surface area contributed by atoms with Crippen molar-refractivity contribution in [2.75, 3.05) is 6.61 Å².